The van der Waals surface area contributed by atoms with Crippen LogP contribution < -0.4 is 10.1 Å². The van der Waals surface area contributed by atoms with Crippen molar-refractivity contribution in [2.24, 2.45) is 0 Å². The van der Waals surface area contributed by atoms with E-state index in [9.17, 15) is 0 Å². The molecule has 0 bridgehead atoms. The van der Waals surface area contributed by atoms with Gasteiger partial charge in [0.15, 0.2) is 0 Å². The van der Waals surface area contributed by atoms with Crippen LogP contribution in [0.5, 0.6) is 5.75 Å². The predicted molar refractivity (Wildman–Crippen MR) is 73.1 cm³/mol. The molecule has 1 aromatic carbocycles. The third-order valence-electron chi connectivity index (χ3n) is 3.94. The number of fused-ring (bicyclic) bond motifs is 1. The molecule has 0 spiro atoms. The lowest BCUT2D eigenvalue weighted by Gasteiger charge is -2.20. The molecular weight excluding hydrogens is 224 g/mol. The number of nitrogens with zero attached hydrogens (tertiary/aromatic N) is 1. The fraction of sp³-hybridized carbons (Fsp3) is 0.600. The van der Waals surface area contributed by atoms with Gasteiger partial charge in [-0.3, -0.25) is 4.90 Å². The summed E-state index contributed by atoms with van der Waals surface area (Å²) in [4.78, 5) is 2.53. The van der Waals surface area contributed by atoms with Crippen LogP contribution in [0.2, 0.25) is 0 Å². The van der Waals surface area contributed by atoms with Gasteiger partial charge in [0.05, 0.1) is 0 Å². The fourth-order valence-electron chi connectivity index (χ4n) is 3.10. The normalized spacial score (nSPS) is 27.2. The van der Waals surface area contributed by atoms with Crippen LogP contribution in [0.3, 0.4) is 0 Å². The molecule has 0 aromatic heterocycles. The first kappa shape index (κ1) is 12.0. The van der Waals surface area contributed by atoms with Gasteiger partial charge in [-0.1, -0.05) is 25.1 Å². The van der Waals surface area contributed by atoms with E-state index in [-0.39, 0.29) is 0 Å². The van der Waals surface area contributed by atoms with Crippen LogP contribution in [-0.4, -0.2) is 43.2 Å². The Labute approximate surface area is 109 Å². The Morgan fingerprint density at radius 1 is 1.39 bits per heavy atom. The molecule has 0 radical (unpaired) electrons. The van der Waals surface area contributed by atoms with E-state index in [1.165, 1.54) is 25.1 Å². The number of likely N-dealkylation sites (tertiary alicyclic amines) is 1. The van der Waals surface area contributed by atoms with Crippen molar-refractivity contribution in [2.45, 2.75) is 31.9 Å². The number of ether oxygens (including phenoxy) is 1. The molecule has 2 unspecified atom stereocenters. The standard InChI is InChI=1S/C15H22N2O/c1-2-16-13-7-8-17(10-13)11-14-9-12-5-3-4-6-15(12)18-14/h3-6,13-14,16H,2,7-11H2,1H3. The molecule has 2 aliphatic heterocycles. The van der Waals surface area contributed by atoms with E-state index in [1.807, 2.05) is 0 Å². The first-order valence-electron chi connectivity index (χ1n) is 7.05. The fourth-order valence-corrected chi connectivity index (χ4v) is 3.10. The van der Waals surface area contributed by atoms with Crippen molar-refractivity contribution >= 4 is 0 Å². The first-order valence-corrected chi connectivity index (χ1v) is 7.05. The second-order valence-corrected chi connectivity index (χ2v) is 5.35. The Kier molecular flexibility index (Phi) is 3.52. The van der Waals surface area contributed by atoms with Gasteiger partial charge in [0.2, 0.25) is 0 Å². The second kappa shape index (κ2) is 5.29. The predicted octanol–water partition coefficient (Wildman–Crippen LogP) is 1.67. The summed E-state index contributed by atoms with van der Waals surface area (Å²) >= 11 is 0. The minimum absolute atomic E-state index is 0.350. The van der Waals surface area contributed by atoms with E-state index >= 15 is 0 Å². The Morgan fingerprint density at radius 3 is 3.11 bits per heavy atom. The van der Waals surface area contributed by atoms with Crippen LogP contribution in [-0.2, 0) is 6.42 Å². The summed E-state index contributed by atoms with van der Waals surface area (Å²) in [5.41, 5.74) is 1.37. The molecule has 1 fully saturated rings. The highest BCUT2D eigenvalue weighted by Gasteiger charge is 2.28. The van der Waals surface area contributed by atoms with Gasteiger partial charge in [-0.15, -0.1) is 0 Å². The molecule has 0 aliphatic carbocycles. The van der Waals surface area contributed by atoms with E-state index in [2.05, 4.69) is 41.4 Å². The van der Waals surface area contributed by atoms with Crippen LogP contribution in [0.25, 0.3) is 0 Å². The summed E-state index contributed by atoms with van der Waals surface area (Å²) in [6.45, 7) is 6.69. The molecule has 2 atom stereocenters. The number of benzene rings is 1. The Bertz CT molecular complexity index is 382. The molecule has 0 amide bonds. The van der Waals surface area contributed by atoms with E-state index in [0.717, 1.165) is 25.3 Å². The zero-order valence-corrected chi connectivity index (χ0v) is 11.1. The van der Waals surface area contributed by atoms with E-state index in [1.54, 1.807) is 0 Å². The minimum Gasteiger partial charge on any atom is -0.488 e. The lowest BCUT2D eigenvalue weighted by Crippen LogP contribution is -2.36. The maximum absolute atomic E-state index is 6.00. The molecule has 1 aromatic rings. The summed E-state index contributed by atoms with van der Waals surface area (Å²) in [5, 5.41) is 3.53. The van der Waals surface area contributed by atoms with Crippen LogP contribution >= 0.6 is 0 Å². The van der Waals surface area contributed by atoms with Gasteiger partial charge in [-0.05, 0) is 31.1 Å². The van der Waals surface area contributed by atoms with Gasteiger partial charge in [0.1, 0.15) is 11.9 Å². The van der Waals surface area contributed by atoms with E-state index in [0.29, 0.717) is 12.1 Å². The quantitative estimate of drug-likeness (QED) is 0.874. The monoisotopic (exact) mass is 246 g/mol. The Morgan fingerprint density at radius 2 is 2.28 bits per heavy atom. The number of nitrogens with one attached hydrogen (secondary N) is 1. The molecule has 3 heteroatoms. The van der Waals surface area contributed by atoms with Crippen molar-refractivity contribution < 1.29 is 4.74 Å². The molecule has 0 saturated carbocycles. The summed E-state index contributed by atoms with van der Waals surface area (Å²) in [7, 11) is 0. The highest BCUT2D eigenvalue weighted by atomic mass is 16.5. The van der Waals surface area contributed by atoms with Crippen molar-refractivity contribution in [2.75, 3.05) is 26.2 Å². The largest absolute Gasteiger partial charge is 0.488 e. The molecule has 2 aliphatic rings. The third-order valence-corrected chi connectivity index (χ3v) is 3.94. The maximum atomic E-state index is 6.00. The second-order valence-electron chi connectivity index (χ2n) is 5.35. The molecule has 1 N–H and O–H groups in total. The smallest absolute Gasteiger partial charge is 0.123 e. The summed E-state index contributed by atoms with van der Waals surface area (Å²) in [6, 6.07) is 9.10. The first-order chi connectivity index (χ1) is 8.85. The molecule has 3 nitrogen and oxygen atoms in total. The van der Waals surface area contributed by atoms with Gasteiger partial charge in [0, 0.05) is 25.6 Å². The topological polar surface area (TPSA) is 24.5 Å². The number of para-hydroxylation sites is 1. The van der Waals surface area contributed by atoms with Crippen LogP contribution in [0, 0.1) is 0 Å². The highest BCUT2D eigenvalue weighted by Crippen LogP contribution is 2.28. The van der Waals surface area contributed by atoms with Gasteiger partial charge < -0.3 is 10.1 Å². The lowest BCUT2D eigenvalue weighted by molar-refractivity contribution is 0.166. The van der Waals surface area contributed by atoms with Crippen molar-refractivity contribution in [3.8, 4) is 5.75 Å². The average Bonchev–Trinajstić information content (AvgIpc) is 2.96. The van der Waals surface area contributed by atoms with Gasteiger partial charge in [0.25, 0.3) is 0 Å². The molecule has 98 valence electrons. The third kappa shape index (κ3) is 2.52. The SMILES string of the molecule is CCNC1CCN(CC2Cc3ccccc3O2)C1. The zero-order chi connectivity index (χ0) is 12.4. The molecule has 18 heavy (non-hydrogen) atoms. The van der Waals surface area contributed by atoms with Crippen molar-refractivity contribution in [1.82, 2.24) is 10.2 Å². The number of hydrogen-bond acceptors (Lipinski definition) is 3. The zero-order valence-electron chi connectivity index (χ0n) is 11.1. The lowest BCUT2D eigenvalue weighted by atomic mass is 10.1. The van der Waals surface area contributed by atoms with Gasteiger partial charge >= 0.3 is 0 Å². The van der Waals surface area contributed by atoms with Crippen LogP contribution in [0.4, 0.5) is 0 Å². The number of likely N-dealkylation sites (N-methyl/N-ethyl adjacent to an activating group) is 1. The molecular formula is C15H22N2O. The molecule has 1 saturated heterocycles. The van der Waals surface area contributed by atoms with Crippen molar-refractivity contribution in [1.29, 1.82) is 0 Å². The van der Waals surface area contributed by atoms with E-state index < -0.39 is 0 Å². The average molecular weight is 246 g/mol. The van der Waals surface area contributed by atoms with Crippen molar-refractivity contribution in [3.05, 3.63) is 29.8 Å². The number of rotatable bonds is 4. The maximum Gasteiger partial charge on any atom is 0.123 e. The Hall–Kier alpha value is -1.06. The van der Waals surface area contributed by atoms with Crippen molar-refractivity contribution in [3.63, 3.8) is 0 Å². The van der Waals surface area contributed by atoms with Gasteiger partial charge in [-0.25, -0.2) is 0 Å². The molecule has 2 heterocycles. The molecule has 3 rings (SSSR count). The Balaban J connectivity index is 1.51. The summed E-state index contributed by atoms with van der Waals surface area (Å²) in [5.74, 6) is 1.09. The van der Waals surface area contributed by atoms with Gasteiger partial charge in [-0.2, -0.15) is 0 Å². The highest BCUT2D eigenvalue weighted by molar-refractivity contribution is 5.37. The summed E-state index contributed by atoms with van der Waals surface area (Å²) in [6.07, 6.45) is 2.69. The number of hydrogen-bond donors (Lipinski definition) is 1. The van der Waals surface area contributed by atoms with Crippen LogP contribution in [0.1, 0.15) is 18.9 Å². The minimum atomic E-state index is 0.350. The van der Waals surface area contributed by atoms with Crippen LogP contribution in [0.15, 0.2) is 24.3 Å². The van der Waals surface area contributed by atoms with E-state index in [4.69, 9.17) is 4.74 Å². The summed E-state index contributed by atoms with van der Waals surface area (Å²) < 4.78 is 6.00.